The van der Waals surface area contributed by atoms with Crippen LogP contribution < -0.4 is 14.8 Å². The Bertz CT molecular complexity index is 1300. The van der Waals surface area contributed by atoms with Crippen molar-refractivity contribution in [3.8, 4) is 22.1 Å². The molecule has 160 valence electrons. The fraction of sp³-hybridized carbons (Fsp3) is 0.115. The van der Waals surface area contributed by atoms with Gasteiger partial charge in [0.1, 0.15) is 11.6 Å². The van der Waals surface area contributed by atoms with E-state index in [0.29, 0.717) is 13.2 Å². The van der Waals surface area contributed by atoms with Crippen molar-refractivity contribution >= 4 is 38.6 Å². The molecule has 0 aliphatic rings. The van der Waals surface area contributed by atoms with Crippen molar-refractivity contribution in [2.75, 3.05) is 12.4 Å². The van der Waals surface area contributed by atoms with Crippen LogP contribution in [0.25, 0.3) is 20.8 Å². The predicted octanol–water partition coefficient (Wildman–Crippen LogP) is 7.22. The third kappa shape index (κ3) is 4.47. The monoisotopic (exact) mass is 458 g/mol. The Hall–Kier alpha value is -3.35. The minimum atomic E-state index is 0.526. The fourth-order valence-electron chi connectivity index (χ4n) is 3.52. The van der Waals surface area contributed by atoms with Crippen LogP contribution in [-0.4, -0.2) is 12.1 Å². The molecule has 0 saturated heterocycles. The minimum absolute atomic E-state index is 0.526. The summed E-state index contributed by atoms with van der Waals surface area (Å²) in [5.74, 6) is 1.52. The van der Waals surface area contributed by atoms with Gasteiger partial charge in [-0.2, -0.15) is 0 Å². The Balaban J connectivity index is 1.35. The van der Waals surface area contributed by atoms with Gasteiger partial charge in [0, 0.05) is 28.2 Å². The second-order valence-corrected chi connectivity index (χ2v) is 9.30. The number of methoxy groups -OCH3 is 1. The molecular formula is C26H22N2O2S2. The fourth-order valence-corrected chi connectivity index (χ4v) is 5.10. The summed E-state index contributed by atoms with van der Waals surface area (Å²) >= 11 is 3.40. The molecule has 0 bridgehead atoms. The van der Waals surface area contributed by atoms with Gasteiger partial charge >= 0.3 is 0 Å². The van der Waals surface area contributed by atoms with Crippen molar-refractivity contribution in [1.82, 2.24) is 4.98 Å². The topological polar surface area (TPSA) is 43.4 Å². The number of thiophene rings is 1. The zero-order chi connectivity index (χ0) is 21.8. The number of nitrogens with one attached hydrogen (secondary N) is 1. The highest BCUT2D eigenvalue weighted by atomic mass is 32.1. The lowest BCUT2D eigenvalue weighted by Crippen LogP contribution is -2.05. The Morgan fingerprint density at radius 3 is 2.69 bits per heavy atom. The molecule has 0 atom stereocenters. The van der Waals surface area contributed by atoms with E-state index in [1.807, 2.05) is 24.3 Å². The summed E-state index contributed by atoms with van der Waals surface area (Å²) in [6, 6.07) is 26.7. The quantitative estimate of drug-likeness (QED) is 0.266. The van der Waals surface area contributed by atoms with Gasteiger partial charge in [0.2, 0.25) is 0 Å². The normalized spacial score (nSPS) is 10.9. The zero-order valence-electron chi connectivity index (χ0n) is 17.6. The van der Waals surface area contributed by atoms with Gasteiger partial charge in [-0.05, 0) is 41.8 Å². The van der Waals surface area contributed by atoms with E-state index in [4.69, 9.17) is 14.5 Å². The number of fused-ring (bicyclic) bond motifs is 1. The molecule has 5 aromatic rings. The van der Waals surface area contributed by atoms with Crippen molar-refractivity contribution in [3.05, 3.63) is 94.7 Å². The maximum atomic E-state index is 6.16. The number of hydrogen-bond acceptors (Lipinski definition) is 6. The molecule has 0 aliphatic carbocycles. The number of rotatable bonds is 8. The van der Waals surface area contributed by atoms with Crippen molar-refractivity contribution < 1.29 is 9.47 Å². The first-order chi connectivity index (χ1) is 15.8. The van der Waals surface area contributed by atoms with Crippen LogP contribution in [0.2, 0.25) is 0 Å². The number of thiazole rings is 1. The van der Waals surface area contributed by atoms with Gasteiger partial charge in [0.25, 0.3) is 0 Å². The molecule has 0 saturated carbocycles. The van der Waals surface area contributed by atoms with Gasteiger partial charge in [-0.3, -0.25) is 0 Å². The van der Waals surface area contributed by atoms with Crippen LogP contribution in [0.15, 0.2) is 84.2 Å². The van der Waals surface area contributed by atoms with Crippen LogP contribution in [0.3, 0.4) is 0 Å². The van der Waals surface area contributed by atoms with Crippen LogP contribution in [0, 0.1) is 0 Å². The molecule has 0 spiro atoms. The first-order valence-electron chi connectivity index (χ1n) is 10.3. The molecule has 1 N–H and O–H groups in total. The highest BCUT2D eigenvalue weighted by Crippen LogP contribution is 2.34. The third-order valence-corrected chi connectivity index (χ3v) is 7.04. The number of nitrogens with zero attached hydrogens (tertiary/aromatic N) is 1. The van der Waals surface area contributed by atoms with Crippen LogP contribution in [0.1, 0.15) is 10.4 Å². The molecule has 0 aliphatic heterocycles. The second-order valence-electron chi connectivity index (χ2n) is 7.24. The summed E-state index contributed by atoms with van der Waals surface area (Å²) in [7, 11) is 1.67. The maximum Gasteiger partial charge on any atom is 0.166 e. The lowest BCUT2D eigenvalue weighted by molar-refractivity contribution is 0.284. The Morgan fingerprint density at radius 2 is 1.84 bits per heavy atom. The zero-order valence-corrected chi connectivity index (χ0v) is 19.2. The van der Waals surface area contributed by atoms with Crippen LogP contribution in [-0.2, 0) is 13.2 Å². The van der Waals surface area contributed by atoms with E-state index in [9.17, 15) is 0 Å². The number of hydrogen-bond donors (Lipinski definition) is 1. The van der Waals surface area contributed by atoms with Crippen molar-refractivity contribution in [3.63, 3.8) is 0 Å². The SMILES string of the molecule is COc1cccc(CNc2cccc(-c3nc4ccccc4s3)c2)c1OCc1cccs1. The molecular weight excluding hydrogens is 436 g/mol. The number of ether oxygens (including phenoxy) is 2. The van der Waals surface area contributed by atoms with Gasteiger partial charge < -0.3 is 14.8 Å². The number of benzene rings is 3. The first-order valence-corrected chi connectivity index (χ1v) is 12.0. The molecule has 5 rings (SSSR count). The van der Waals surface area contributed by atoms with E-state index < -0.39 is 0 Å². The van der Waals surface area contributed by atoms with E-state index in [0.717, 1.165) is 38.8 Å². The molecule has 0 fully saturated rings. The summed E-state index contributed by atoms with van der Waals surface area (Å²) in [5.41, 5.74) is 4.23. The predicted molar refractivity (Wildman–Crippen MR) is 134 cm³/mol. The summed E-state index contributed by atoms with van der Waals surface area (Å²) in [4.78, 5) is 5.96. The summed E-state index contributed by atoms with van der Waals surface area (Å²) in [6.07, 6.45) is 0. The summed E-state index contributed by atoms with van der Waals surface area (Å²) in [6.45, 7) is 1.15. The Kier molecular flexibility index (Phi) is 6.05. The van der Waals surface area contributed by atoms with E-state index >= 15 is 0 Å². The average molecular weight is 459 g/mol. The van der Waals surface area contributed by atoms with Crippen molar-refractivity contribution in [2.45, 2.75) is 13.2 Å². The standard InChI is InChI=1S/C26H22N2O2S2/c1-29-23-12-5-8-19(25(23)30-17-21-10-6-14-31-21)16-27-20-9-4-7-18(15-20)26-28-22-11-2-3-13-24(22)32-26/h2-15,27H,16-17H2,1H3. The molecule has 32 heavy (non-hydrogen) atoms. The van der Waals surface area contributed by atoms with Crippen molar-refractivity contribution in [1.29, 1.82) is 0 Å². The molecule has 2 aromatic heterocycles. The smallest absolute Gasteiger partial charge is 0.166 e. The van der Waals surface area contributed by atoms with Gasteiger partial charge in [-0.15, -0.1) is 22.7 Å². The van der Waals surface area contributed by atoms with Crippen LogP contribution >= 0.6 is 22.7 Å². The number of aromatic nitrogens is 1. The van der Waals surface area contributed by atoms with Gasteiger partial charge in [-0.1, -0.05) is 42.5 Å². The molecule has 0 unspecified atom stereocenters. The van der Waals surface area contributed by atoms with Crippen molar-refractivity contribution in [2.24, 2.45) is 0 Å². The van der Waals surface area contributed by atoms with Crippen LogP contribution in [0.5, 0.6) is 11.5 Å². The second kappa shape index (κ2) is 9.42. The summed E-state index contributed by atoms with van der Waals surface area (Å²) < 4.78 is 12.9. The van der Waals surface area contributed by atoms with E-state index in [2.05, 4.69) is 65.3 Å². The highest BCUT2D eigenvalue weighted by molar-refractivity contribution is 7.21. The van der Waals surface area contributed by atoms with E-state index in [1.54, 1.807) is 29.8 Å². The molecule has 4 nitrogen and oxygen atoms in total. The minimum Gasteiger partial charge on any atom is -0.493 e. The third-order valence-electron chi connectivity index (χ3n) is 5.11. The highest BCUT2D eigenvalue weighted by Gasteiger charge is 2.12. The summed E-state index contributed by atoms with van der Waals surface area (Å²) in [5, 5.41) is 6.62. The van der Waals surface area contributed by atoms with Gasteiger partial charge in [0.05, 0.1) is 17.3 Å². The van der Waals surface area contributed by atoms with E-state index in [-0.39, 0.29) is 0 Å². The average Bonchev–Trinajstić information content (AvgIpc) is 3.51. The van der Waals surface area contributed by atoms with Crippen LogP contribution in [0.4, 0.5) is 5.69 Å². The Labute approximate surface area is 195 Å². The lowest BCUT2D eigenvalue weighted by Gasteiger charge is -2.16. The molecule has 0 amide bonds. The molecule has 6 heteroatoms. The molecule has 0 radical (unpaired) electrons. The number of para-hydroxylation sites is 2. The number of anilines is 1. The molecule has 2 heterocycles. The lowest BCUT2D eigenvalue weighted by atomic mass is 10.1. The van der Waals surface area contributed by atoms with Gasteiger partial charge in [-0.25, -0.2) is 4.98 Å². The molecule has 3 aromatic carbocycles. The first kappa shape index (κ1) is 20.5. The largest absolute Gasteiger partial charge is 0.493 e. The Morgan fingerprint density at radius 1 is 0.938 bits per heavy atom. The van der Waals surface area contributed by atoms with E-state index in [1.165, 1.54) is 9.58 Å². The van der Waals surface area contributed by atoms with Gasteiger partial charge in [0.15, 0.2) is 11.5 Å². The maximum absolute atomic E-state index is 6.16.